The van der Waals surface area contributed by atoms with E-state index in [9.17, 15) is 14.1 Å². The minimum atomic E-state index is -2.19. The second kappa shape index (κ2) is 12.4. The Labute approximate surface area is 178 Å². The van der Waals surface area contributed by atoms with Crippen molar-refractivity contribution in [3.05, 3.63) is 84.8 Å². The summed E-state index contributed by atoms with van der Waals surface area (Å²) >= 11 is -2.19. The molecule has 1 heterocycles. The lowest BCUT2D eigenvalue weighted by Gasteiger charge is -2.19. The van der Waals surface area contributed by atoms with E-state index in [4.69, 9.17) is 4.55 Å². The summed E-state index contributed by atoms with van der Waals surface area (Å²) in [5.41, 5.74) is 3.01. The fourth-order valence-electron chi connectivity index (χ4n) is 2.75. The van der Waals surface area contributed by atoms with E-state index in [1.54, 1.807) is 48.2 Å². The Morgan fingerprint density at radius 1 is 1.27 bits per heavy atom. The Balaban J connectivity index is 3.50. The highest BCUT2D eigenvalue weighted by atomic mass is 32.2. The molecule has 2 atom stereocenters. The molecule has 0 aliphatic carbocycles. The van der Waals surface area contributed by atoms with Gasteiger partial charge in [-0.3, -0.25) is 9.35 Å². The minimum Gasteiger partial charge on any atom is -0.481 e. The Kier molecular flexibility index (Phi) is 10.3. The van der Waals surface area contributed by atoms with Gasteiger partial charge in [0.2, 0.25) is 11.3 Å². The fourth-order valence-corrected chi connectivity index (χ4v) is 3.04. The smallest absolute Gasteiger partial charge is 0.304 e. The van der Waals surface area contributed by atoms with Crippen LogP contribution in [-0.2, 0) is 23.1 Å². The largest absolute Gasteiger partial charge is 0.481 e. The summed E-state index contributed by atoms with van der Waals surface area (Å²) in [7, 11) is 1.73. The first-order valence-electron chi connectivity index (χ1n) is 8.85. The van der Waals surface area contributed by atoms with Crippen LogP contribution in [0.15, 0.2) is 73.4 Å². The number of hydrogen-bond acceptors (Lipinski definition) is 4. The van der Waals surface area contributed by atoms with Crippen molar-refractivity contribution in [2.24, 2.45) is 13.0 Å². The molecule has 0 amide bonds. The maximum atomic E-state index is 11.6. The molecule has 1 rings (SSSR count). The molecular formula is C21H26N4O4S. The van der Waals surface area contributed by atoms with Gasteiger partial charge in [-0.2, -0.15) is 0 Å². The van der Waals surface area contributed by atoms with Gasteiger partial charge in [0.25, 0.3) is 0 Å². The number of carboxylic acids is 1. The fraction of sp³-hybridized carbons (Fsp3) is 0.190. The Hall–Kier alpha value is -3.14. The van der Waals surface area contributed by atoms with Crippen molar-refractivity contribution in [3.63, 3.8) is 0 Å². The molecule has 0 aliphatic rings. The van der Waals surface area contributed by atoms with Gasteiger partial charge in [-0.25, -0.2) is 13.6 Å². The van der Waals surface area contributed by atoms with Gasteiger partial charge in [0.15, 0.2) is 0 Å². The lowest BCUT2D eigenvalue weighted by molar-refractivity contribution is -0.137. The Morgan fingerprint density at radius 3 is 2.43 bits per heavy atom. The SMILES string of the molecule is C=C/C=C(\C=C(/C=C)C(CC(=O)O)/C(C=C)=C/c1nnn(C)c1C=C)CNS(=O)O. The van der Waals surface area contributed by atoms with Crippen molar-refractivity contribution in [2.75, 3.05) is 6.54 Å². The molecule has 0 aliphatic heterocycles. The number of aliphatic carboxylic acids is 1. The summed E-state index contributed by atoms with van der Waals surface area (Å²) in [4.78, 5) is 11.6. The molecule has 3 N–H and O–H groups in total. The monoisotopic (exact) mass is 430 g/mol. The molecule has 1 aromatic heterocycles. The van der Waals surface area contributed by atoms with Gasteiger partial charge in [0.05, 0.1) is 12.1 Å². The number of rotatable bonds is 13. The molecule has 160 valence electrons. The van der Waals surface area contributed by atoms with Gasteiger partial charge in [-0.05, 0) is 28.9 Å². The van der Waals surface area contributed by atoms with Crippen molar-refractivity contribution in [2.45, 2.75) is 6.42 Å². The zero-order chi connectivity index (χ0) is 22.7. The molecular weight excluding hydrogens is 404 g/mol. The molecule has 0 saturated heterocycles. The molecule has 0 radical (unpaired) electrons. The highest BCUT2D eigenvalue weighted by Gasteiger charge is 2.21. The predicted octanol–water partition coefficient (Wildman–Crippen LogP) is 3.07. The summed E-state index contributed by atoms with van der Waals surface area (Å²) in [6, 6.07) is 0. The lowest BCUT2D eigenvalue weighted by Crippen LogP contribution is -2.19. The number of hydrogen-bond donors (Lipinski definition) is 3. The third-order valence-electron chi connectivity index (χ3n) is 4.13. The number of aromatic nitrogens is 3. The molecule has 0 saturated carbocycles. The van der Waals surface area contributed by atoms with E-state index in [0.29, 0.717) is 28.1 Å². The molecule has 8 nitrogen and oxygen atoms in total. The van der Waals surface area contributed by atoms with Crippen LogP contribution in [0.1, 0.15) is 17.8 Å². The van der Waals surface area contributed by atoms with Gasteiger partial charge in [0.1, 0.15) is 5.69 Å². The third-order valence-corrected chi connectivity index (χ3v) is 4.52. The first kappa shape index (κ1) is 24.9. The van der Waals surface area contributed by atoms with Crippen LogP contribution in [-0.4, -0.2) is 41.4 Å². The van der Waals surface area contributed by atoms with Crippen LogP contribution in [0.5, 0.6) is 0 Å². The maximum absolute atomic E-state index is 11.6. The highest BCUT2D eigenvalue weighted by molar-refractivity contribution is 7.77. The normalized spacial score (nSPS) is 14.7. The quantitative estimate of drug-likeness (QED) is 0.327. The van der Waals surface area contributed by atoms with Crippen LogP contribution in [0.2, 0.25) is 0 Å². The van der Waals surface area contributed by atoms with Crippen molar-refractivity contribution in [1.29, 1.82) is 0 Å². The topological polar surface area (TPSA) is 117 Å². The highest BCUT2D eigenvalue weighted by Crippen LogP contribution is 2.29. The Bertz CT molecular complexity index is 941. The predicted molar refractivity (Wildman–Crippen MR) is 120 cm³/mol. The number of nitrogens with one attached hydrogen (secondary N) is 1. The number of carbonyl (C=O) groups is 1. The first-order chi connectivity index (χ1) is 14.3. The van der Waals surface area contributed by atoms with E-state index < -0.39 is 23.2 Å². The van der Waals surface area contributed by atoms with Crippen LogP contribution < -0.4 is 4.72 Å². The van der Waals surface area contributed by atoms with E-state index >= 15 is 0 Å². The van der Waals surface area contributed by atoms with Crippen molar-refractivity contribution >= 4 is 29.4 Å². The molecule has 0 fully saturated rings. The number of aryl methyl sites for hydroxylation is 1. The summed E-state index contributed by atoms with van der Waals surface area (Å²) in [5.74, 6) is -1.60. The van der Waals surface area contributed by atoms with Crippen molar-refractivity contribution in [3.8, 4) is 0 Å². The van der Waals surface area contributed by atoms with Crippen LogP contribution in [0.4, 0.5) is 0 Å². The average Bonchev–Trinajstić information content (AvgIpc) is 3.05. The molecule has 0 bridgehead atoms. The molecule has 0 spiro atoms. The first-order valence-corrected chi connectivity index (χ1v) is 9.95. The molecule has 1 aromatic rings. The van der Waals surface area contributed by atoms with Gasteiger partial charge < -0.3 is 5.11 Å². The summed E-state index contributed by atoms with van der Waals surface area (Å²) < 4.78 is 23.9. The Morgan fingerprint density at radius 2 is 1.93 bits per heavy atom. The van der Waals surface area contributed by atoms with Gasteiger partial charge >= 0.3 is 5.97 Å². The molecule has 30 heavy (non-hydrogen) atoms. The number of allylic oxidation sites excluding steroid dienone is 6. The minimum absolute atomic E-state index is 0.0736. The zero-order valence-corrected chi connectivity index (χ0v) is 17.6. The van der Waals surface area contributed by atoms with E-state index in [-0.39, 0.29) is 13.0 Å². The summed E-state index contributed by atoms with van der Waals surface area (Å²) in [5, 5.41) is 17.5. The van der Waals surface area contributed by atoms with Crippen LogP contribution in [0.3, 0.4) is 0 Å². The summed E-state index contributed by atoms with van der Waals surface area (Å²) in [6.07, 6.45) is 11.1. The standard InChI is InChI=1S/C21H26N4O4S/c1-6-10-15(14-22-30(28)29)11-16(7-2)18(13-21(26)27)17(8-3)12-19-20(9-4)25(5)24-23-19/h6-12,18,22H,1-4,13-14H2,5H3,(H,26,27)(H,28,29)/b15-10+,16-11+,17-12+. The van der Waals surface area contributed by atoms with Crippen LogP contribution in [0, 0.1) is 5.92 Å². The second-order valence-electron chi connectivity index (χ2n) is 6.08. The van der Waals surface area contributed by atoms with Crippen molar-refractivity contribution in [1.82, 2.24) is 19.7 Å². The zero-order valence-electron chi connectivity index (χ0n) is 16.8. The van der Waals surface area contributed by atoms with Crippen LogP contribution in [0.25, 0.3) is 12.2 Å². The number of nitrogens with zero attached hydrogens (tertiary/aromatic N) is 3. The van der Waals surface area contributed by atoms with Gasteiger partial charge in [0, 0.05) is 19.5 Å². The van der Waals surface area contributed by atoms with Crippen LogP contribution >= 0.6 is 0 Å². The summed E-state index contributed by atoms with van der Waals surface area (Å²) in [6.45, 7) is 15.1. The van der Waals surface area contributed by atoms with Gasteiger partial charge in [-0.15, -0.1) is 5.10 Å². The average molecular weight is 431 g/mol. The number of carboxylic acid groups (broad SMARTS) is 1. The van der Waals surface area contributed by atoms with E-state index in [2.05, 4.69) is 41.3 Å². The lowest BCUT2D eigenvalue weighted by atomic mass is 9.86. The van der Waals surface area contributed by atoms with Gasteiger partial charge in [-0.1, -0.05) is 61.9 Å². The molecule has 2 unspecified atom stereocenters. The van der Waals surface area contributed by atoms with E-state index in [1.807, 2.05) is 0 Å². The van der Waals surface area contributed by atoms with Crippen molar-refractivity contribution < 1.29 is 18.7 Å². The maximum Gasteiger partial charge on any atom is 0.304 e. The molecule has 0 aromatic carbocycles. The molecule has 9 heteroatoms. The second-order valence-corrected chi connectivity index (χ2v) is 6.87. The third kappa shape index (κ3) is 7.36. The van der Waals surface area contributed by atoms with E-state index in [0.717, 1.165) is 0 Å². The van der Waals surface area contributed by atoms with E-state index in [1.165, 1.54) is 6.08 Å².